The lowest BCUT2D eigenvalue weighted by Crippen LogP contribution is -2.31. The average Bonchev–Trinajstić information content (AvgIpc) is 2.46. The van der Waals surface area contributed by atoms with Crippen molar-refractivity contribution in [3.05, 3.63) is 65.7 Å². The van der Waals surface area contributed by atoms with Gasteiger partial charge < -0.3 is 15.2 Å². The van der Waals surface area contributed by atoms with Gasteiger partial charge in [-0.1, -0.05) is 42.5 Å². The molecule has 1 N–H and O–H groups in total. The third-order valence-corrected chi connectivity index (χ3v) is 3.20. The van der Waals surface area contributed by atoms with Crippen molar-refractivity contribution < 1.29 is 14.7 Å². The van der Waals surface area contributed by atoms with Crippen LogP contribution in [0.5, 0.6) is 0 Å². The second-order valence-electron chi connectivity index (χ2n) is 4.86. The molecule has 0 saturated carbocycles. The first-order valence-corrected chi connectivity index (χ1v) is 6.68. The normalized spacial score (nSPS) is 11.7. The Morgan fingerprint density at radius 2 is 1.67 bits per heavy atom. The van der Waals surface area contributed by atoms with E-state index in [1.165, 1.54) is 6.92 Å². The number of hydrogen-bond acceptors (Lipinski definition) is 3. The van der Waals surface area contributed by atoms with E-state index in [1.807, 2.05) is 30.3 Å². The monoisotopic (exact) mass is 282 g/mol. The summed E-state index contributed by atoms with van der Waals surface area (Å²) in [6.45, 7) is 1.44. The fraction of sp³-hybridized carbons (Fsp3) is 0.176. The van der Waals surface area contributed by atoms with E-state index in [-0.39, 0.29) is 5.91 Å². The molecule has 0 saturated heterocycles. The van der Waals surface area contributed by atoms with E-state index in [9.17, 15) is 14.7 Å². The van der Waals surface area contributed by atoms with E-state index < -0.39 is 11.9 Å². The van der Waals surface area contributed by atoms with E-state index in [1.54, 1.807) is 24.3 Å². The zero-order valence-corrected chi connectivity index (χ0v) is 11.7. The fourth-order valence-electron chi connectivity index (χ4n) is 2.19. The van der Waals surface area contributed by atoms with Crippen LogP contribution in [0, 0.1) is 0 Å². The predicted octanol–water partition coefficient (Wildman–Crippen LogP) is 1.72. The molecule has 0 aromatic heterocycles. The number of rotatable bonds is 5. The highest BCUT2D eigenvalue weighted by atomic mass is 16.4. The molecule has 4 nitrogen and oxygen atoms in total. The summed E-state index contributed by atoms with van der Waals surface area (Å²) in [5, 5.41) is 14.0. The number of carbonyl (C=O) groups excluding carboxylic acids is 2. The molecule has 2 rings (SSSR count). The molecule has 1 amide bonds. The second kappa shape index (κ2) is 6.70. The first kappa shape index (κ1) is 14.8. The van der Waals surface area contributed by atoms with Gasteiger partial charge in [0.1, 0.15) is 0 Å². The number of benzene rings is 2. The van der Waals surface area contributed by atoms with Gasteiger partial charge in [0.05, 0.1) is 0 Å². The molecule has 0 bridgehead atoms. The summed E-state index contributed by atoms with van der Waals surface area (Å²) in [6, 6.07) is 16.2. The first-order chi connectivity index (χ1) is 10.1. The highest BCUT2D eigenvalue weighted by Gasteiger charge is 2.13. The number of carboxylic acid groups (broad SMARTS) is 1. The molecular weight excluding hydrogens is 266 g/mol. The lowest BCUT2D eigenvalue weighted by Gasteiger charge is -2.18. The maximum Gasteiger partial charge on any atom is 0.221 e. The lowest BCUT2D eigenvalue weighted by molar-refractivity contribution is -0.308. The van der Waals surface area contributed by atoms with Crippen LogP contribution in [0.3, 0.4) is 0 Å². The number of carbonyl (C=O) groups is 2. The van der Waals surface area contributed by atoms with Crippen LogP contribution in [0.2, 0.25) is 0 Å². The number of carboxylic acids is 1. The second-order valence-corrected chi connectivity index (χ2v) is 4.86. The number of nitrogens with one attached hydrogen (secondary N) is 1. The Hall–Kier alpha value is -2.62. The lowest BCUT2D eigenvalue weighted by atomic mass is 9.92. The van der Waals surface area contributed by atoms with Crippen molar-refractivity contribution in [3.8, 4) is 0 Å². The zero-order valence-electron chi connectivity index (χ0n) is 11.7. The van der Waals surface area contributed by atoms with Gasteiger partial charge in [0.2, 0.25) is 5.91 Å². The number of anilines is 1. The van der Waals surface area contributed by atoms with Crippen LogP contribution in [0.25, 0.3) is 0 Å². The molecule has 0 fully saturated rings. The Bertz CT molecular complexity index is 620. The van der Waals surface area contributed by atoms with Gasteiger partial charge in [-0.15, -0.1) is 0 Å². The van der Waals surface area contributed by atoms with Crippen LogP contribution < -0.4 is 10.4 Å². The van der Waals surface area contributed by atoms with Crippen LogP contribution in [0.1, 0.15) is 24.0 Å². The molecular formula is C17H16NO3-. The molecule has 0 aliphatic rings. The Labute approximate surface area is 123 Å². The average molecular weight is 282 g/mol. The molecule has 108 valence electrons. The van der Waals surface area contributed by atoms with E-state index in [4.69, 9.17) is 0 Å². The van der Waals surface area contributed by atoms with Crippen LogP contribution in [-0.4, -0.2) is 11.9 Å². The van der Waals surface area contributed by atoms with Crippen molar-refractivity contribution >= 4 is 17.6 Å². The topological polar surface area (TPSA) is 69.2 Å². The van der Waals surface area contributed by atoms with Gasteiger partial charge in [-0.3, -0.25) is 4.79 Å². The van der Waals surface area contributed by atoms with E-state index >= 15 is 0 Å². The largest absolute Gasteiger partial charge is 0.549 e. The third-order valence-electron chi connectivity index (χ3n) is 3.20. The highest BCUT2D eigenvalue weighted by molar-refractivity contribution is 5.88. The van der Waals surface area contributed by atoms with Gasteiger partial charge in [0, 0.05) is 24.5 Å². The minimum Gasteiger partial charge on any atom is -0.549 e. The SMILES string of the molecule is CC(=O)Nc1ccc(C[C@@H](C(=O)[O-])c2ccccc2)cc1. The maximum absolute atomic E-state index is 11.3. The van der Waals surface area contributed by atoms with E-state index in [2.05, 4.69) is 5.32 Å². The van der Waals surface area contributed by atoms with Gasteiger partial charge in [-0.25, -0.2) is 0 Å². The van der Waals surface area contributed by atoms with Crippen molar-refractivity contribution in [2.45, 2.75) is 19.3 Å². The van der Waals surface area contributed by atoms with Crippen molar-refractivity contribution in [1.82, 2.24) is 0 Å². The Balaban J connectivity index is 2.14. The smallest absolute Gasteiger partial charge is 0.221 e. The van der Waals surface area contributed by atoms with Crippen molar-refractivity contribution in [3.63, 3.8) is 0 Å². The molecule has 0 unspecified atom stereocenters. The maximum atomic E-state index is 11.3. The van der Waals surface area contributed by atoms with Crippen LogP contribution >= 0.6 is 0 Å². The van der Waals surface area contributed by atoms with Gasteiger partial charge in [-0.2, -0.15) is 0 Å². The molecule has 0 radical (unpaired) electrons. The van der Waals surface area contributed by atoms with Gasteiger partial charge in [-0.05, 0) is 29.7 Å². The predicted molar refractivity (Wildman–Crippen MR) is 78.6 cm³/mol. The number of aliphatic carboxylic acids is 1. The minimum atomic E-state index is -1.09. The van der Waals surface area contributed by atoms with Crippen molar-refractivity contribution in [2.24, 2.45) is 0 Å². The molecule has 2 aromatic rings. The summed E-state index contributed by atoms with van der Waals surface area (Å²) in [6.07, 6.45) is 0.354. The van der Waals surface area contributed by atoms with E-state index in [0.29, 0.717) is 12.1 Å². The molecule has 1 atom stereocenters. The van der Waals surface area contributed by atoms with Crippen LogP contribution in [0.4, 0.5) is 5.69 Å². The third kappa shape index (κ3) is 4.18. The summed E-state index contributed by atoms with van der Waals surface area (Å²) >= 11 is 0. The summed E-state index contributed by atoms with van der Waals surface area (Å²) in [7, 11) is 0. The van der Waals surface area contributed by atoms with Gasteiger partial charge >= 0.3 is 0 Å². The Morgan fingerprint density at radius 3 is 2.19 bits per heavy atom. The molecule has 0 heterocycles. The van der Waals surface area contributed by atoms with Crippen molar-refractivity contribution in [2.75, 3.05) is 5.32 Å². The summed E-state index contributed by atoms with van der Waals surface area (Å²) in [5.74, 6) is -1.91. The summed E-state index contributed by atoms with van der Waals surface area (Å²) < 4.78 is 0. The number of hydrogen-bond donors (Lipinski definition) is 1. The van der Waals surface area contributed by atoms with Crippen LogP contribution in [-0.2, 0) is 16.0 Å². The number of amides is 1. The summed E-state index contributed by atoms with van der Waals surface area (Å²) in [4.78, 5) is 22.3. The molecule has 4 heteroatoms. The first-order valence-electron chi connectivity index (χ1n) is 6.68. The molecule has 2 aromatic carbocycles. The quantitative estimate of drug-likeness (QED) is 0.907. The van der Waals surface area contributed by atoms with Crippen molar-refractivity contribution in [1.29, 1.82) is 0 Å². The standard InChI is InChI=1S/C17H17NO3/c1-12(19)18-15-9-7-13(8-10-15)11-16(17(20)21)14-5-3-2-4-6-14/h2-10,16H,11H2,1H3,(H,18,19)(H,20,21)/p-1/t16-/m1/s1. The molecule has 21 heavy (non-hydrogen) atoms. The summed E-state index contributed by atoms with van der Waals surface area (Å²) in [5.41, 5.74) is 2.29. The molecule has 0 spiro atoms. The van der Waals surface area contributed by atoms with Gasteiger partial charge in [0.25, 0.3) is 0 Å². The Morgan fingerprint density at radius 1 is 1.05 bits per heavy atom. The van der Waals surface area contributed by atoms with Gasteiger partial charge in [0.15, 0.2) is 0 Å². The van der Waals surface area contributed by atoms with Crippen LogP contribution in [0.15, 0.2) is 54.6 Å². The zero-order chi connectivity index (χ0) is 15.2. The molecule has 0 aliphatic heterocycles. The Kier molecular flexibility index (Phi) is 4.72. The van der Waals surface area contributed by atoms with E-state index in [0.717, 1.165) is 11.1 Å². The molecule has 0 aliphatic carbocycles. The highest BCUT2D eigenvalue weighted by Crippen LogP contribution is 2.21. The minimum absolute atomic E-state index is 0.139. The fourth-order valence-corrected chi connectivity index (χ4v) is 2.19.